The number of hydrogen-bond donors (Lipinski definition) is 0. The van der Waals surface area contributed by atoms with E-state index in [1.165, 1.54) is 0 Å². The molecule has 0 N–H and O–H groups in total. The number of fused-ring (bicyclic) bond motifs is 1. The predicted octanol–water partition coefficient (Wildman–Crippen LogP) is 3.15. The van der Waals surface area contributed by atoms with Gasteiger partial charge in [0.2, 0.25) is 5.88 Å². The van der Waals surface area contributed by atoms with E-state index in [0.29, 0.717) is 24.5 Å². The summed E-state index contributed by atoms with van der Waals surface area (Å²) < 4.78 is 11.8. The highest BCUT2D eigenvalue weighted by Crippen LogP contribution is 2.35. The molecule has 0 saturated carbocycles. The van der Waals surface area contributed by atoms with Crippen LogP contribution in [0.5, 0.6) is 5.88 Å². The van der Waals surface area contributed by atoms with Gasteiger partial charge in [0, 0.05) is 25.1 Å². The van der Waals surface area contributed by atoms with E-state index in [9.17, 15) is 10.1 Å². The molecule has 0 atom stereocenters. The highest BCUT2D eigenvalue weighted by molar-refractivity contribution is 5.78. The Kier molecular flexibility index (Phi) is 6.01. The average Bonchev–Trinajstić information content (AvgIpc) is 3.17. The molecule has 1 amide bonds. The van der Waals surface area contributed by atoms with Crippen molar-refractivity contribution >= 4 is 5.91 Å². The molecule has 0 unspecified atom stereocenters. The molecule has 1 aromatic heterocycles. The van der Waals surface area contributed by atoms with E-state index in [0.717, 1.165) is 62.0 Å². The fraction of sp³-hybridized carbons (Fsp3) is 0.667. The number of aryl methyl sites for hydroxylation is 1. The van der Waals surface area contributed by atoms with E-state index < -0.39 is 0 Å². The summed E-state index contributed by atoms with van der Waals surface area (Å²) in [6, 6.07) is 2.27. The fourth-order valence-corrected chi connectivity index (χ4v) is 3.77. The summed E-state index contributed by atoms with van der Waals surface area (Å²) in [6.45, 7) is 8.18. The number of aromatic nitrogens is 1. The molecule has 146 valence electrons. The number of carbonyl (C=O) groups excluding carboxylic acids is 1. The zero-order chi connectivity index (χ0) is 19.4. The van der Waals surface area contributed by atoms with Gasteiger partial charge in [-0.25, -0.2) is 4.98 Å². The number of nitrogens with zero attached hydrogens (tertiary/aromatic N) is 3. The molecular weight excluding hydrogens is 342 g/mol. The highest BCUT2D eigenvalue weighted by Gasteiger charge is 2.32. The maximum Gasteiger partial charge on any atom is 0.260 e. The minimum Gasteiger partial charge on any atom is -0.467 e. The Bertz CT molecular complexity index is 746. The summed E-state index contributed by atoms with van der Waals surface area (Å²) in [7, 11) is 0. The van der Waals surface area contributed by atoms with Crippen LogP contribution < -0.4 is 4.74 Å². The number of rotatable bonds is 6. The topological polar surface area (TPSA) is 75.5 Å². The van der Waals surface area contributed by atoms with Crippen LogP contribution in [0, 0.1) is 11.3 Å². The lowest BCUT2D eigenvalue weighted by Crippen LogP contribution is -2.34. The Morgan fingerprint density at radius 1 is 1.33 bits per heavy atom. The van der Waals surface area contributed by atoms with Gasteiger partial charge in [-0.3, -0.25) is 4.79 Å². The van der Waals surface area contributed by atoms with Gasteiger partial charge in [-0.1, -0.05) is 13.3 Å². The maximum atomic E-state index is 12.3. The molecule has 3 rings (SSSR count). The van der Waals surface area contributed by atoms with Crippen LogP contribution in [0.2, 0.25) is 0 Å². The SMILES string of the molecule is CCCCc1nc(OCC(=O)N2CCCC2)c(C#N)c2c1COC(C)(C)C2. The van der Waals surface area contributed by atoms with Crippen LogP contribution in [0.1, 0.15) is 68.8 Å². The largest absolute Gasteiger partial charge is 0.467 e. The molecule has 0 spiro atoms. The van der Waals surface area contributed by atoms with Crippen molar-refractivity contribution in [1.29, 1.82) is 5.26 Å². The molecule has 3 heterocycles. The zero-order valence-electron chi connectivity index (χ0n) is 16.6. The van der Waals surface area contributed by atoms with Crippen LogP contribution in [-0.2, 0) is 29.0 Å². The molecule has 1 fully saturated rings. The molecule has 2 aliphatic heterocycles. The first-order valence-corrected chi connectivity index (χ1v) is 9.94. The van der Waals surface area contributed by atoms with E-state index in [-0.39, 0.29) is 18.1 Å². The predicted molar refractivity (Wildman–Crippen MR) is 101 cm³/mol. The molecule has 6 heteroatoms. The van der Waals surface area contributed by atoms with E-state index in [4.69, 9.17) is 9.47 Å². The van der Waals surface area contributed by atoms with Gasteiger partial charge < -0.3 is 14.4 Å². The Morgan fingerprint density at radius 3 is 2.74 bits per heavy atom. The second-order valence-corrected chi connectivity index (χ2v) is 8.01. The first-order chi connectivity index (χ1) is 12.9. The number of carbonyl (C=O) groups is 1. The maximum absolute atomic E-state index is 12.3. The monoisotopic (exact) mass is 371 g/mol. The minimum atomic E-state index is -0.329. The number of nitriles is 1. The van der Waals surface area contributed by atoms with Gasteiger partial charge in [0.1, 0.15) is 11.6 Å². The molecule has 0 aromatic carbocycles. The zero-order valence-corrected chi connectivity index (χ0v) is 16.6. The number of hydrogen-bond acceptors (Lipinski definition) is 5. The van der Waals surface area contributed by atoms with Gasteiger partial charge >= 0.3 is 0 Å². The van der Waals surface area contributed by atoms with Crippen LogP contribution >= 0.6 is 0 Å². The lowest BCUT2D eigenvalue weighted by Gasteiger charge is -2.33. The minimum absolute atomic E-state index is 0.0327. The molecule has 1 saturated heterocycles. The summed E-state index contributed by atoms with van der Waals surface area (Å²) in [4.78, 5) is 18.8. The fourth-order valence-electron chi connectivity index (χ4n) is 3.77. The second-order valence-electron chi connectivity index (χ2n) is 8.01. The van der Waals surface area contributed by atoms with Crippen molar-refractivity contribution < 1.29 is 14.3 Å². The van der Waals surface area contributed by atoms with Gasteiger partial charge in [0.05, 0.1) is 17.9 Å². The smallest absolute Gasteiger partial charge is 0.260 e. The van der Waals surface area contributed by atoms with Crippen LogP contribution in [0.15, 0.2) is 0 Å². The van der Waals surface area contributed by atoms with Crippen molar-refractivity contribution in [2.24, 2.45) is 0 Å². The van der Waals surface area contributed by atoms with Crippen molar-refractivity contribution in [3.05, 3.63) is 22.4 Å². The standard InChI is InChI=1S/C21H29N3O3/c1-4-5-8-18-17-13-27-21(2,3)11-15(17)16(12-22)20(23-18)26-14-19(25)24-9-6-7-10-24/h4-11,13-14H2,1-3H3. The average molecular weight is 371 g/mol. The molecular formula is C21H29N3O3. The van der Waals surface area contributed by atoms with Crippen molar-refractivity contribution in [1.82, 2.24) is 9.88 Å². The third kappa shape index (κ3) is 4.41. The summed E-state index contributed by atoms with van der Waals surface area (Å²) in [5.74, 6) is 0.266. The van der Waals surface area contributed by atoms with E-state index in [2.05, 4.69) is 18.0 Å². The summed E-state index contributed by atoms with van der Waals surface area (Å²) in [6.07, 6.45) is 5.63. The first-order valence-electron chi connectivity index (χ1n) is 9.94. The summed E-state index contributed by atoms with van der Waals surface area (Å²) >= 11 is 0. The number of ether oxygens (including phenoxy) is 2. The molecule has 1 aromatic rings. The molecule has 2 aliphatic rings. The number of likely N-dealkylation sites (tertiary alicyclic amines) is 1. The quantitative estimate of drug-likeness (QED) is 0.768. The number of unbranched alkanes of at least 4 members (excludes halogenated alkanes) is 1. The molecule has 0 radical (unpaired) electrons. The molecule has 6 nitrogen and oxygen atoms in total. The van der Waals surface area contributed by atoms with Gasteiger partial charge in [-0.15, -0.1) is 0 Å². The van der Waals surface area contributed by atoms with Crippen LogP contribution in [0.25, 0.3) is 0 Å². The number of amides is 1. The van der Waals surface area contributed by atoms with Crippen molar-refractivity contribution in [3.8, 4) is 11.9 Å². The summed E-state index contributed by atoms with van der Waals surface area (Å²) in [5, 5.41) is 9.78. The van der Waals surface area contributed by atoms with Crippen LogP contribution in [0.4, 0.5) is 0 Å². The van der Waals surface area contributed by atoms with Crippen LogP contribution in [-0.4, -0.2) is 41.1 Å². The molecule has 27 heavy (non-hydrogen) atoms. The molecule has 0 aliphatic carbocycles. The first kappa shape index (κ1) is 19.6. The van der Waals surface area contributed by atoms with Crippen LogP contribution in [0.3, 0.4) is 0 Å². The second kappa shape index (κ2) is 8.26. The Morgan fingerprint density at radius 2 is 2.07 bits per heavy atom. The lowest BCUT2D eigenvalue weighted by atomic mass is 9.87. The lowest BCUT2D eigenvalue weighted by molar-refractivity contribution is -0.132. The Balaban J connectivity index is 1.89. The summed E-state index contributed by atoms with van der Waals surface area (Å²) in [5.41, 5.74) is 3.06. The number of pyridine rings is 1. The van der Waals surface area contributed by atoms with Crippen molar-refractivity contribution in [3.63, 3.8) is 0 Å². The van der Waals surface area contributed by atoms with Gasteiger partial charge in [0.25, 0.3) is 5.91 Å². The molecule has 0 bridgehead atoms. The van der Waals surface area contributed by atoms with Gasteiger partial charge in [0.15, 0.2) is 6.61 Å². The Hall–Kier alpha value is -2.13. The van der Waals surface area contributed by atoms with Gasteiger partial charge in [-0.2, -0.15) is 5.26 Å². The Labute approximate surface area is 161 Å². The highest BCUT2D eigenvalue weighted by atomic mass is 16.5. The van der Waals surface area contributed by atoms with E-state index in [1.807, 2.05) is 18.7 Å². The third-order valence-electron chi connectivity index (χ3n) is 5.34. The van der Waals surface area contributed by atoms with Crippen molar-refractivity contribution in [2.75, 3.05) is 19.7 Å². The van der Waals surface area contributed by atoms with Gasteiger partial charge in [-0.05, 0) is 45.1 Å². The normalized spacial score (nSPS) is 18.1. The van der Waals surface area contributed by atoms with E-state index >= 15 is 0 Å². The van der Waals surface area contributed by atoms with Crippen molar-refractivity contribution in [2.45, 2.75) is 71.5 Å². The third-order valence-corrected chi connectivity index (χ3v) is 5.34. The van der Waals surface area contributed by atoms with E-state index in [1.54, 1.807) is 0 Å².